The molecule has 7 nitrogen and oxygen atoms in total. The Hall–Kier alpha value is -2.05. The molecule has 7 heteroatoms. The lowest BCUT2D eigenvalue weighted by atomic mass is 10.2. The molecule has 1 atom stereocenters. The quantitative estimate of drug-likeness (QED) is 0.620. The molecule has 17 heavy (non-hydrogen) atoms. The molecular weight excluding hydrogens is 222 g/mol. The molecule has 1 fully saturated rings. The maximum Gasteiger partial charge on any atom is 0.242 e. The Morgan fingerprint density at radius 3 is 3.06 bits per heavy atom. The summed E-state index contributed by atoms with van der Waals surface area (Å²) in [5, 5.41) is 9.31. The number of aromatic nitrogens is 2. The normalized spacial score (nSPS) is 19.1. The zero-order valence-electron chi connectivity index (χ0n) is 9.56. The number of rotatable bonds is 3. The van der Waals surface area contributed by atoms with Crippen molar-refractivity contribution in [3.05, 3.63) is 11.8 Å². The van der Waals surface area contributed by atoms with E-state index < -0.39 is 6.04 Å². The van der Waals surface area contributed by atoms with Crippen LogP contribution in [0, 0.1) is 0 Å². The van der Waals surface area contributed by atoms with Gasteiger partial charge in [0.2, 0.25) is 11.8 Å². The van der Waals surface area contributed by atoms with Crippen LogP contribution in [0.5, 0.6) is 0 Å². The van der Waals surface area contributed by atoms with E-state index in [1.54, 1.807) is 17.9 Å². The second-order valence-corrected chi connectivity index (χ2v) is 4.06. The second kappa shape index (κ2) is 4.44. The van der Waals surface area contributed by atoms with Crippen LogP contribution < -0.4 is 16.4 Å². The highest BCUT2D eigenvalue weighted by atomic mass is 16.2. The minimum atomic E-state index is -0.416. The largest absolute Gasteiger partial charge is 0.384 e. The molecular formula is C10H15N5O2. The van der Waals surface area contributed by atoms with Crippen molar-refractivity contribution in [2.24, 2.45) is 7.05 Å². The summed E-state index contributed by atoms with van der Waals surface area (Å²) in [4.78, 5) is 22.7. The average molecular weight is 237 g/mol. The number of hydrogen-bond donors (Lipinski definition) is 3. The van der Waals surface area contributed by atoms with E-state index in [-0.39, 0.29) is 11.8 Å². The first kappa shape index (κ1) is 11.4. The van der Waals surface area contributed by atoms with Gasteiger partial charge in [0.1, 0.15) is 11.9 Å². The van der Waals surface area contributed by atoms with E-state index in [1.807, 2.05) is 0 Å². The van der Waals surface area contributed by atoms with Crippen molar-refractivity contribution in [2.45, 2.75) is 25.4 Å². The van der Waals surface area contributed by atoms with E-state index in [0.29, 0.717) is 25.2 Å². The fourth-order valence-corrected chi connectivity index (χ4v) is 1.74. The van der Waals surface area contributed by atoms with Crippen LogP contribution >= 0.6 is 0 Å². The predicted octanol–water partition coefficient (Wildman–Crippen LogP) is -1.10. The number of carbonyl (C=O) groups is 2. The monoisotopic (exact) mass is 237 g/mol. The smallest absolute Gasteiger partial charge is 0.242 e. The fraction of sp³-hybridized carbons (Fsp3) is 0.500. The molecule has 0 saturated carbocycles. The Morgan fingerprint density at radius 2 is 2.53 bits per heavy atom. The SMILES string of the molecule is Cn1ncc(CNC(=O)[C@H]2CCC(=O)N2)c1N. The molecule has 1 aromatic heterocycles. The third kappa shape index (κ3) is 2.38. The van der Waals surface area contributed by atoms with Crippen LogP contribution in [0.4, 0.5) is 5.82 Å². The number of nitrogens with zero attached hydrogens (tertiary/aromatic N) is 2. The molecule has 1 aliphatic heterocycles. The zero-order chi connectivity index (χ0) is 12.4. The van der Waals surface area contributed by atoms with E-state index in [0.717, 1.165) is 5.56 Å². The molecule has 1 aromatic rings. The molecule has 4 N–H and O–H groups in total. The van der Waals surface area contributed by atoms with Gasteiger partial charge in [-0.05, 0) is 6.42 Å². The highest BCUT2D eigenvalue weighted by molar-refractivity contribution is 5.90. The van der Waals surface area contributed by atoms with Crippen molar-refractivity contribution >= 4 is 17.6 Å². The van der Waals surface area contributed by atoms with Gasteiger partial charge >= 0.3 is 0 Å². The minimum Gasteiger partial charge on any atom is -0.384 e. The maximum absolute atomic E-state index is 11.7. The average Bonchev–Trinajstić information content (AvgIpc) is 2.86. The van der Waals surface area contributed by atoms with Crippen molar-refractivity contribution in [1.29, 1.82) is 0 Å². The topological polar surface area (TPSA) is 102 Å². The molecule has 1 saturated heterocycles. The molecule has 0 radical (unpaired) electrons. The fourth-order valence-electron chi connectivity index (χ4n) is 1.74. The van der Waals surface area contributed by atoms with Crippen molar-refractivity contribution in [3.8, 4) is 0 Å². The van der Waals surface area contributed by atoms with Crippen LogP contribution in [0.1, 0.15) is 18.4 Å². The van der Waals surface area contributed by atoms with Gasteiger partial charge in [-0.25, -0.2) is 0 Å². The molecule has 2 heterocycles. The van der Waals surface area contributed by atoms with Crippen LogP contribution in [0.2, 0.25) is 0 Å². The summed E-state index contributed by atoms with van der Waals surface area (Å²) < 4.78 is 1.54. The van der Waals surface area contributed by atoms with Crippen LogP contribution in [-0.4, -0.2) is 27.6 Å². The van der Waals surface area contributed by atoms with E-state index in [9.17, 15) is 9.59 Å². The van der Waals surface area contributed by atoms with E-state index in [2.05, 4.69) is 15.7 Å². The molecule has 2 amide bonds. The van der Waals surface area contributed by atoms with Gasteiger partial charge in [0.05, 0.1) is 6.20 Å². The van der Waals surface area contributed by atoms with Gasteiger partial charge in [-0.15, -0.1) is 0 Å². The summed E-state index contributed by atoms with van der Waals surface area (Å²) in [7, 11) is 1.73. The lowest BCUT2D eigenvalue weighted by molar-refractivity contribution is -0.125. The van der Waals surface area contributed by atoms with E-state index >= 15 is 0 Å². The lowest BCUT2D eigenvalue weighted by Crippen LogP contribution is -2.41. The highest BCUT2D eigenvalue weighted by Gasteiger charge is 2.26. The predicted molar refractivity (Wildman–Crippen MR) is 60.6 cm³/mol. The Balaban J connectivity index is 1.88. The highest BCUT2D eigenvalue weighted by Crippen LogP contribution is 2.10. The molecule has 92 valence electrons. The number of anilines is 1. The second-order valence-electron chi connectivity index (χ2n) is 4.06. The van der Waals surface area contributed by atoms with Crippen molar-refractivity contribution in [3.63, 3.8) is 0 Å². The number of nitrogens with one attached hydrogen (secondary N) is 2. The molecule has 2 rings (SSSR count). The first-order chi connectivity index (χ1) is 8.08. The summed E-state index contributed by atoms with van der Waals surface area (Å²) in [6.07, 6.45) is 2.57. The maximum atomic E-state index is 11.7. The van der Waals surface area contributed by atoms with Gasteiger partial charge in [-0.1, -0.05) is 0 Å². The minimum absolute atomic E-state index is 0.0777. The number of hydrogen-bond acceptors (Lipinski definition) is 4. The third-order valence-electron chi connectivity index (χ3n) is 2.83. The van der Waals surface area contributed by atoms with E-state index in [1.165, 1.54) is 0 Å². The van der Waals surface area contributed by atoms with Gasteiger partial charge in [0.25, 0.3) is 0 Å². The van der Waals surface area contributed by atoms with Crippen molar-refractivity contribution in [1.82, 2.24) is 20.4 Å². The number of nitrogen functional groups attached to an aromatic ring is 1. The summed E-state index contributed by atoms with van der Waals surface area (Å²) in [6, 6.07) is -0.416. The Labute approximate surface area is 98.4 Å². The van der Waals surface area contributed by atoms with Crippen molar-refractivity contribution in [2.75, 3.05) is 5.73 Å². The van der Waals surface area contributed by atoms with Gasteiger partial charge in [0.15, 0.2) is 0 Å². The molecule has 0 aromatic carbocycles. The zero-order valence-corrected chi connectivity index (χ0v) is 9.56. The van der Waals surface area contributed by atoms with Gasteiger partial charge in [-0.2, -0.15) is 5.10 Å². The number of carbonyl (C=O) groups excluding carboxylic acids is 2. The van der Waals surface area contributed by atoms with Gasteiger partial charge in [-0.3, -0.25) is 14.3 Å². The standard InChI is InChI=1S/C10H15N5O2/c1-15-9(11)6(5-13-15)4-12-10(17)7-2-3-8(16)14-7/h5,7H,2-4,11H2,1H3,(H,12,17)(H,14,16)/t7-/m1/s1. The van der Waals surface area contributed by atoms with Gasteiger partial charge in [0, 0.05) is 25.6 Å². The molecule has 0 unspecified atom stereocenters. The first-order valence-electron chi connectivity index (χ1n) is 5.41. The summed E-state index contributed by atoms with van der Waals surface area (Å²) >= 11 is 0. The Morgan fingerprint density at radius 1 is 1.76 bits per heavy atom. The van der Waals surface area contributed by atoms with Crippen molar-refractivity contribution < 1.29 is 9.59 Å². The molecule has 0 aliphatic carbocycles. The molecule has 0 bridgehead atoms. The van der Waals surface area contributed by atoms with Crippen LogP contribution in [0.15, 0.2) is 6.20 Å². The Bertz CT molecular complexity index is 454. The number of nitrogens with two attached hydrogens (primary N) is 1. The third-order valence-corrected chi connectivity index (χ3v) is 2.83. The summed E-state index contributed by atoms with van der Waals surface area (Å²) in [5.74, 6) is 0.269. The Kier molecular flexibility index (Phi) is 2.99. The first-order valence-corrected chi connectivity index (χ1v) is 5.41. The molecule has 0 spiro atoms. The lowest BCUT2D eigenvalue weighted by Gasteiger charge is -2.10. The number of amides is 2. The van der Waals surface area contributed by atoms with Crippen LogP contribution in [0.25, 0.3) is 0 Å². The number of aryl methyl sites for hydroxylation is 1. The summed E-state index contributed by atoms with van der Waals surface area (Å²) in [6.45, 7) is 0.324. The summed E-state index contributed by atoms with van der Waals surface area (Å²) in [5.41, 5.74) is 6.51. The molecule has 1 aliphatic rings. The van der Waals surface area contributed by atoms with Crippen LogP contribution in [-0.2, 0) is 23.2 Å². The van der Waals surface area contributed by atoms with Gasteiger partial charge < -0.3 is 16.4 Å². The van der Waals surface area contributed by atoms with Crippen LogP contribution in [0.3, 0.4) is 0 Å². The van der Waals surface area contributed by atoms with E-state index in [4.69, 9.17) is 5.73 Å².